The fourth-order valence-corrected chi connectivity index (χ4v) is 2.16. The van der Waals surface area contributed by atoms with E-state index < -0.39 is 20.7 Å². The number of hydrogen-bond donors (Lipinski definition) is 1. The third-order valence-electron chi connectivity index (χ3n) is 1.58. The molecule has 0 aromatic heterocycles. The van der Waals surface area contributed by atoms with Gasteiger partial charge in [-0.3, -0.25) is 0 Å². The second-order valence-electron chi connectivity index (χ2n) is 2.77. The van der Waals surface area contributed by atoms with Crippen molar-refractivity contribution in [3.8, 4) is 0 Å². The number of sulfonamides is 1. The molecule has 0 bridgehead atoms. The summed E-state index contributed by atoms with van der Waals surface area (Å²) < 4.78 is 38.3. The average Bonchev–Trinajstić information content (AvgIpc) is 2.15. The molecule has 0 heterocycles. The summed E-state index contributed by atoms with van der Waals surface area (Å²) in [7, 11) is -3.86. The van der Waals surface area contributed by atoms with Gasteiger partial charge in [0.1, 0.15) is 10.7 Å². The van der Waals surface area contributed by atoms with Gasteiger partial charge in [0.05, 0.1) is 0 Å². The molecule has 0 unspecified atom stereocenters. The normalized spacial score (nSPS) is 11.3. The Balaban J connectivity index is 2.97. The van der Waals surface area contributed by atoms with Gasteiger partial charge in [0.15, 0.2) is 0 Å². The van der Waals surface area contributed by atoms with Gasteiger partial charge in [0.2, 0.25) is 10.0 Å². The van der Waals surface area contributed by atoms with Crippen molar-refractivity contribution in [1.29, 1.82) is 0 Å². The summed E-state index contributed by atoms with van der Waals surface area (Å²) in [6.45, 7) is 3.19. The Morgan fingerprint density at radius 3 is 2.60 bits per heavy atom. The average molecular weight is 250 g/mol. The predicted octanol–water partition coefficient (Wildman–Crippen LogP) is 1.86. The Kier molecular flexibility index (Phi) is 3.84. The van der Waals surface area contributed by atoms with Crippen molar-refractivity contribution < 1.29 is 12.8 Å². The zero-order valence-corrected chi connectivity index (χ0v) is 9.28. The van der Waals surface area contributed by atoms with Crippen molar-refractivity contribution in [2.45, 2.75) is 4.90 Å². The van der Waals surface area contributed by atoms with E-state index in [2.05, 4.69) is 11.3 Å². The minimum absolute atomic E-state index is 0.127. The van der Waals surface area contributed by atoms with Crippen LogP contribution in [0.1, 0.15) is 0 Å². The number of benzene rings is 1. The highest BCUT2D eigenvalue weighted by Gasteiger charge is 2.17. The van der Waals surface area contributed by atoms with Crippen molar-refractivity contribution in [2.75, 3.05) is 6.54 Å². The highest BCUT2D eigenvalue weighted by molar-refractivity contribution is 7.89. The molecule has 0 saturated heterocycles. The first-order valence-electron chi connectivity index (χ1n) is 4.01. The van der Waals surface area contributed by atoms with Gasteiger partial charge in [0, 0.05) is 11.6 Å². The lowest BCUT2D eigenvalue weighted by atomic mass is 10.4. The number of hydrogen-bond acceptors (Lipinski definition) is 2. The lowest BCUT2D eigenvalue weighted by molar-refractivity contribution is 0.559. The minimum Gasteiger partial charge on any atom is -0.207 e. The Labute approximate surface area is 92.6 Å². The van der Waals surface area contributed by atoms with Crippen molar-refractivity contribution in [3.63, 3.8) is 0 Å². The van der Waals surface area contributed by atoms with Crippen LogP contribution < -0.4 is 4.72 Å². The van der Waals surface area contributed by atoms with Gasteiger partial charge >= 0.3 is 0 Å². The molecule has 15 heavy (non-hydrogen) atoms. The van der Waals surface area contributed by atoms with Crippen molar-refractivity contribution in [2.24, 2.45) is 0 Å². The Morgan fingerprint density at radius 1 is 1.47 bits per heavy atom. The highest BCUT2D eigenvalue weighted by atomic mass is 35.5. The first kappa shape index (κ1) is 12.2. The summed E-state index contributed by atoms with van der Waals surface area (Å²) in [5.74, 6) is -0.801. The summed E-state index contributed by atoms with van der Waals surface area (Å²) in [6.07, 6.45) is 0. The minimum atomic E-state index is -3.86. The van der Waals surface area contributed by atoms with E-state index in [1.165, 1.54) is 18.2 Å². The number of rotatable bonds is 4. The van der Waals surface area contributed by atoms with Gasteiger partial charge in [-0.25, -0.2) is 17.5 Å². The van der Waals surface area contributed by atoms with Gasteiger partial charge in [-0.1, -0.05) is 30.3 Å². The molecule has 0 saturated carbocycles. The molecular weight excluding hydrogens is 241 g/mol. The molecule has 0 spiro atoms. The fourth-order valence-electron chi connectivity index (χ4n) is 0.914. The molecule has 6 heteroatoms. The van der Waals surface area contributed by atoms with E-state index in [0.29, 0.717) is 0 Å². The number of nitrogens with one attached hydrogen (secondary N) is 1. The van der Waals surface area contributed by atoms with Crippen LogP contribution >= 0.6 is 11.6 Å². The SMILES string of the molecule is C=C(Cl)CNS(=O)(=O)c1ccccc1F. The van der Waals surface area contributed by atoms with Crippen LogP contribution in [-0.2, 0) is 10.0 Å². The van der Waals surface area contributed by atoms with Crippen LogP contribution in [-0.4, -0.2) is 15.0 Å². The van der Waals surface area contributed by atoms with Gasteiger partial charge < -0.3 is 0 Å². The lowest BCUT2D eigenvalue weighted by Crippen LogP contribution is -2.25. The summed E-state index contributed by atoms with van der Waals surface area (Å²) in [4.78, 5) is -0.400. The van der Waals surface area contributed by atoms with Gasteiger partial charge in [-0.2, -0.15) is 0 Å². The van der Waals surface area contributed by atoms with Gasteiger partial charge in [-0.15, -0.1) is 0 Å². The van der Waals surface area contributed by atoms with E-state index in [0.717, 1.165) is 6.07 Å². The van der Waals surface area contributed by atoms with E-state index in [1.807, 2.05) is 0 Å². The van der Waals surface area contributed by atoms with E-state index in [4.69, 9.17) is 11.6 Å². The Morgan fingerprint density at radius 2 is 2.07 bits per heavy atom. The van der Waals surface area contributed by atoms with Crippen LogP contribution in [0.25, 0.3) is 0 Å². The second-order valence-corrected chi connectivity index (χ2v) is 5.04. The molecule has 0 aliphatic carbocycles. The molecule has 0 radical (unpaired) electrons. The molecule has 1 N–H and O–H groups in total. The molecule has 1 rings (SSSR count). The van der Waals surface area contributed by atoms with Crippen LogP contribution in [0.3, 0.4) is 0 Å². The maximum atomic E-state index is 13.1. The molecule has 1 aromatic rings. The molecule has 82 valence electrons. The molecule has 0 aliphatic rings. The van der Waals surface area contributed by atoms with E-state index in [9.17, 15) is 12.8 Å². The summed E-state index contributed by atoms with van der Waals surface area (Å²) in [5, 5.41) is 0.134. The Hall–Kier alpha value is -0.910. The second kappa shape index (κ2) is 4.74. The van der Waals surface area contributed by atoms with Crippen molar-refractivity contribution in [3.05, 3.63) is 41.7 Å². The zero-order chi connectivity index (χ0) is 11.5. The lowest BCUT2D eigenvalue weighted by Gasteiger charge is -2.06. The summed E-state index contributed by atoms with van der Waals surface area (Å²) in [5.41, 5.74) is 0. The largest absolute Gasteiger partial charge is 0.243 e. The molecule has 0 atom stereocenters. The molecule has 1 aromatic carbocycles. The number of halogens is 2. The Bertz CT molecular complexity index is 473. The maximum absolute atomic E-state index is 13.1. The quantitative estimate of drug-likeness (QED) is 0.885. The monoisotopic (exact) mass is 249 g/mol. The van der Waals surface area contributed by atoms with E-state index in [-0.39, 0.29) is 11.6 Å². The first-order chi connectivity index (χ1) is 6.93. The summed E-state index contributed by atoms with van der Waals surface area (Å²) >= 11 is 5.40. The predicted molar refractivity (Wildman–Crippen MR) is 56.6 cm³/mol. The van der Waals surface area contributed by atoms with Crippen LogP contribution in [0.5, 0.6) is 0 Å². The van der Waals surface area contributed by atoms with Crippen LogP contribution in [0.4, 0.5) is 4.39 Å². The molecule has 0 amide bonds. The van der Waals surface area contributed by atoms with Crippen LogP contribution in [0.2, 0.25) is 0 Å². The molecule has 3 nitrogen and oxygen atoms in total. The standard InChI is InChI=1S/C9H9ClFNO2S/c1-7(10)6-12-15(13,14)9-5-3-2-4-8(9)11/h2-5,12H,1,6H2. The third kappa shape index (κ3) is 3.30. The molecule has 0 fully saturated rings. The van der Waals surface area contributed by atoms with Crippen molar-refractivity contribution in [1.82, 2.24) is 4.72 Å². The smallest absolute Gasteiger partial charge is 0.207 e. The van der Waals surface area contributed by atoms with E-state index >= 15 is 0 Å². The zero-order valence-electron chi connectivity index (χ0n) is 7.70. The maximum Gasteiger partial charge on any atom is 0.243 e. The first-order valence-corrected chi connectivity index (χ1v) is 5.87. The summed E-state index contributed by atoms with van der Waals surface area (Å²) in [6, 6.07) is 5.10. The van der Waals surface area contributed by atoms with Gasteiger partial charge in [-0.05, 0) is 12.1 Å². The fraction of sp³-hybridized carbons (Fsp3) is 0.111. The van der Waals surface area contributed by atoms with E-state index in [1.54, 1.807) is 0 Å². The van der Waals surface area contributed by atoms with Crippen LogP contribution in [0, 0.1) is 5.82 Å². The highest BCUT2D eigenvalue weighted by Crippen LogP contribution is 2.13. The van der Waals surface area contributed by atoms with Crippen LogP contribution in [0.15, 0.2) is 40.8 Å². The van der Waals surface area contributed by atoms with Gasteiger partial charge in [0.25, 0.3) is 0 Å². The third-order valence-corrected chi connectivity index (χ3v) is 3.15. The molecular formula is C9H9ClFNO2S. The topological polar surface area (TPSA) is 46.2 Å². The van der Waals surface area contributed by atoms with Crippen molar-refractivity contribution >= 4 is 21.6 Å². The molecule has 0 aliphatic heterocycles.